The molecule has 1 aromatic heterocycles. The summed E-state index contributed by atoms with van der Waals surface area (Å²) in [7, 11) is 0. The zero-order valence-corrected chi connectivity index (χ0v) is 14.1. The van der Waals surface area contributed by atoms with Gasteiger partial charge in [0.1, 0.15) is 0 Å². The molecule has 1 saturated carbocycles. The van der Waals surface area contributed by atoms with E-state index in [1.54, 1.807) is 4.68 Å². The molecular weight excluding hydrogens is 384 g/mol. The van der Waals surface area contributed by atoms with E-state index in [0.29, 0.717) is 19.6 Å². The van der Waals surface area contributed by atoms with E-state index in [0.717, 1.165) is 15.7 Å². The van der Waals surface area contributed by atoms with E-state index in [-0.39, 0.29) is 5.56 Å². The maximum Gasteiger partial charge on any atom is 0.338 e. The Balaban J connectivity index is 1.47. The maximum atomic E-state index is 13.3. The summed E-state index contributed by atoms with van der Waals surface area (Å²) in [4.78, 5) is 12.9. The van der Waals surface area contributed by atoms with E-state index in [1.165, 1.54) is 12.4 Å². The van der Waals surface area contributed by atoms with Crippen LogP contribution in [-0.4, -0.2) is 39.9 Å². The molecule has 5 nitrogen and oxygen atoms in total. The fourth-order valence-electron chi connectivity index (χ4n) is 3.31. The van der Waals surface area contributed by atoms with Crippen molar-refractivity contribution >= 4 is 27.6 Å². The summed E-state index contributed by atoms with van der Waals surface area (Å²) in [5.41, 5.74) is 1.99. The molecule has 4 rings (SSSR count). The van der Waals surface area contributed by atoms with Gasteiger partial charge in [-0.3, -0.25) is 4.68 Å². The van der Waals surface area contributed by atoms with Crippen molar-refractivity contribution in [2.75, 3.05) is 18.0 Å². The minimum atomic E-state index is -2.48. The quantitative estimate of drug-likeness (QED) is 0.860. The highest BCUT2D eigenvalue weighted by Gasteiger charge is 2.71. The van der Waals surface area contributed by atoms with Crippen LogP contribution in [0.3, 0.4) is 0 Å². The molecule has 1 aliphatic carbocycles. The van der Waals surface area contributed by atoms with Crippen LogP contribution in [0.4, 0.5) is 14.5 Å². The number of rotatable bonds is 4. The number of carboxylic acids is 1. The van der Waals surface area contributed by atoms with Gasteiger partial charge in [-0.1, -0.05) is 22.0 Å². The molecule has 0 amide bonds. The molecule has 0 radical (unpaired) electrons. The molecular formula is C16H14BrF2N3O2. The van der Waals surface area contributed by atoms with Crippen LogP contribution in [0.5, 0.6) is 0 Å². The van der Waals surface area contributed by atoms with Crippen molar-refractivity contribution in [3.63, 3.8) is 0 Å². The van der Waals surface area contributed by atoms with Gasteiger partial charge >= 0.3 is 5.97 Å². The molecule has 2 aliphatic rings. The van der Waals surface area contributed by atoms with Gasteiger partial charge in [0.05, 0.1) is 30.1 Å². The Hall–Kier alpha value is -1.96. The third kappa shape index (κ3) is 2.49. The highest BCUT2D eigenvalue weighted by atomic mass is 79.9. The second kappa shape index (κ2) is 5.27. The monoisotopic (exact) mass is 397 g/mol. The first-order chi connectivity index (χ1) is 11.4. The van der Waals surface area contributed by atoms with Crippen LogP contribution in [0.15, 0.2) is 35.1 Å². The molecule has 0 bridgehead atoms. The lowest BCUT2D eigenvalue weighted by Crippen LogP contribution is -2.27. The average Bonchev–Trinajstić information content (AvgIpc) is 3.00. The number of carboxylic acid groups (broad SMARTS) is 1. The van der Waals surface area contributed by atoms with E-state index < -0.39 is 23.7 Å². The molecule has 2 fully saturated rings. The molecule has 1 saturated heterocycles. The van der Waals surface area contributed by atoms with Crippen LogP contribution in [0, 0.1) is 11.8 Å². The number of carbonyl (C=O) groups is 1. The van der Waals surface area contributed by atoms with Crippen molar-refractivity contribution in [2.45, 2.75) is 12.5 Å². The van der Waals surface area contributed by atoms with Gasteiger partial charge in [-0.2, -0.15) is 5.10 Å². The Morgan fingerprint density at radius 1 is 1.38 bits per heavy atom. The number of hydrogen-bond acceptors (Lipinski definition) is 3. The highest BCUT2D eigenvalue weighted by Crippen LogP contribution is 2.59. The van der Waals surface area contributed by atoms with Gasteiger partial charge in [0.15, 0.2) is 0 Å². The number of aromatic carboxylic acids is 1. The van der Waals surface area contributed by atoms with Gasteiger partial charge in [0, 0.05) is 29.4 Å². The standard InChI is InChI=1S/C16H14BrF2N3O2/c17-14-3-11(21-7-12-13(8-21)16(12,18)19)2-1-9(14)5-22-6-10(4-20-22)15(23)24/h1-4,6,12-13H,5,7-8H2,(H,23,24). The molecule has 2 unspecified atom stereocenters. The highest BCUT2D eigenvalue weighted by molar-refractivity contribution is 9.10. The maximum absolute atomic E-state index is 13.3. The van der Waals surface area contributed by atoms with Crippen LogP contribution in [0.25, 0.3) is 0 Å². The van der Waals surface area contributed by atoms with E-state index in [9.17, 15) is 13.6 Å². The number of anilines is 1. The second-order valence-corrected chi connectivity index (χ2v) is 7.15. The van der Waals surface area contributed by atoms with Crippen LogP contribution in [0.2, 0.25) is 0 Å². The van der Waals surface area contributed by atoms with Gasteiger partial charge in [-0.05, 0) is 17.7 Å². The first-order valence-electron chi connectivity index (χ1n) is 7.53. The molecule has 1 N–H and O–H groups in total. The van der Waals surface area contributed by atoms with E-state index in [2.05, 4.69) is 21.0 Å². The number of alkyl halides is 2. The number of aromatic nitrogens is 2. The first kappa shape index (κ1) is 15.6. The Bertz CT molecular complexity index is 809. The van der Waals surface area contributed by atoms with Crippen LogP contribution < -0.4 is 4.90 Å². The van der Waals surface area contributed by atoms with Crippen molar-refractivity contribution in [3.05, 3.63) is 46.2 Å². The number of benzene rings is 1. The predicted molar refractivity (Wildman–Crippen MR) is 86.6 cm³/mol. The Kier molecular flexibility index (Phi) is 3.42. The van der Waals surface area contributed by atoms with E-state index in [1.807, 2.05) is 23.1 Å². The minimum Gasteiger partial charge on any atom is -0.478 e. The van der Waals surface area contributed by atoms with Crippen LogP contribution in [-0.2, 0) is 6.54 Å². The third-order valence-corrected chi connectivity index (χ3v) is 5.55. The van der Waals surface area contributed by atoms with Crippen molar-refractivity contribution in [3.8, 4) is 0 Å². The van der Waals surface area contributed by atoms with E-state index >= 15 is 0 Å². The van der Waals surface area contributed by atoms with Crippen LogP contribution >= 0.6 is 15.9 Å². The summed E-state index contributed by atoms with van der Waals surface area (Å²) in [6.07, 6.45) is 2.78. The smallest absolute Gasteiger partial charge is 0.338 e. The predicted octanol–water partition coefficient (Wildman–Crippen LogP) is 3.09. The van der Waals surface area contributed by atoms with Crippen LogP contribution in [0.1, 0.15) is 15.9 Å². The number of halogens is 3. The molecule has 2 aromatic rings. The Morgan fingerprint density at radius 3 is 2.67 bits per heavy atom. The lowest BCUT2D eigenvalue weighted by Gasteiger charge is -2.22. The van der Waals surface area contributed by atoms with Gasteiger partial charge in [-0.25, -0.2) is 13.6 Å². The minimum absolute atomic E-state index is 0.139. The van der Waals surface area contributed by atoms with Gasteiger partial charge in [0.25, 0.3) is 5.92 Å². The van der Waals surface area contributed by atoms with Crippen molar-refractivity contribution in [2.24, 2.45) is 11.8 Å². The molecule has 1 aliphatic heterocycles. The first-order valence-corrected chi connectivity index (χ1v) is 8.32. The topological polar surface area (TPSA) is 58.4 Å². The average molecular weight is 398 g/mol. The molecule has 8 heteroatoms. The number of nitrogens with zero attached hydrogens (tertiary/aromatic N) is 3. The fraction of sp³-hybridized carbons (Fsp3) is 0.375. The number of piperidine rings is 1. The summed E-state index contributed by atoms with van der Waals surface area (Å²) in [5.74, 6) is -4.50. The lowest BCUT2D eigenvalue weighted by molar-refractivity contribution is 0.0696. The Labute approximate surface area is 145 Å². The van der Waals surface area contributed by atoms with Crippen molar-refractivity contribution < 1.29 is 18.7 Å². The lowest BCUT2D eigenvalue weighted by atomic mass is 10.2. The van der Waals surface area contributed by atoms with Crippen molar-refractivity contribution in [1.29, 1.82) is 0 Å². The summed E-state index contributed by atoms with van der Waals surface area (Å²) in [5, 5.41) is 12.9. The van der Waals surface area contributed by atoms with Gasteiger partial charge in [-0.15, -0.1) is 0 Å². The van der Waals surface area contributed by atoms with E-state index in [4.69, 9.17) is 5.11 Å². The van der Waals surface area contributed by atoms with Crippen molar-refractivity contribution in [1.82, 2.24) is 9.78 Å². The summed E-state index contributed by atoms with van der Waals surface area (Å²) in [6.45, 7) is 1.21. The zero-order chi connectivity index (χ0) is 17.1. The second-order valence-electron chi connectivity index (χ2n) is 6.30. The number of fused-ring (bicyclic) bond motifs is 1. The van der Waals surface area contributed by atoms with Gasteiger partial charge in [0.2, 0.25) is 0 Å². The summed E-state index contributed by atoms with van der Waals surface area (Å²) in [6, 6.07) is 5.73. The van der Waals surface area contributed by atoms with Gasteiger partial charge < -0.3 is 10.0 Å². The molecule has 0 spiro atoms. The third-order valence-electron chi connectivity index (χ3n) is 4.81. The molecule has 2 atom stereocenters. The molecule has 1 aromatic carbocycles. The Morgan fingerprint density at radius 2 is 2.08 bits per heavy atom. The molecule has 126 valence electrons. The summed E-state index contributed by atoms with van der Waals surface area (Å²) >= 11 is 3.50. The largest absolute Gasteiger partial charge is 0.478 e. The fourth-order valence-corrected chi connectivity index (χ4v) is 3.81. The summed E-state index contributed by atoms with van der Waals surface area (Å²) < 4.78 is 29.0. The normalized spacial score (nSPS) is 24.0. The molecule has 24 heavy (non-hydrogen) atoms. The molecule has 2 heterocycles. The zero-order valence-electron chi connectivity index (χ0n) is 12.5. The number of hydrogen-bond donors (Lipinski definition) is 1. The SMILES string of the molecule is O=C(O)c1cnn(Cc2ccc(N3CC4C(C3)C4(F)F)cc2Br)c1.